The van der Waals surface area contributed by atoms with Crippen molar-refractivity contribution in [3.05, 3.63) is 11.4 Å². The van der Waals surface area contributed by atoms with Crippen LogP contribution in [0.2, 0.25) is 0 Å². The van der Waals surface area contributed by atoms with E-state index < -0.39 is 0 Å². The van der Waals surface area contributed by atoms with Crippen molar-refractivity contribution < 1.29 is 4.63 Å². The van der Waals surface area contributed by atoms with Gasteiger partial charge in [-0.1, -0.05) is 24.2 Å². The largest absolute Gasteiger partial charge is 0.316 e. The van der Waals surface area contributed by atoms with Crippen LogP contribution in [0, 0.1) is 18.8 Å². The molecular formula is C14H26N4O. The summed E-state index contributed by atoms with van der Waals surface area (Å²) in [4.78, 5) is 2.45. The number of aryl methyl sites for hydroxylation is 1. The lowest BCUT2D eigenvalue weighted by Gasteiger charge is -2.31. The molecule has 5 nitrogen and oxygen atoms in total. The van der Waals surface area contributed by atoms with Crippen LogP contribution in [0.25, 0.3) is 0 Å². The van der Waals surface area contributed by atoms with Gasteiger partial charge in [-0.15, -0.1) is 0 Å². The Balaban J connectivity index is 1.66. The second-order valence-corrected chi connectivity index (χ2v) is 6.07. The van der Waals surface area contributed by atoms with E-state index in [4.69, 9.17) is 4.63 Å². The highest BCUT2D eigenvalue weighted by molar-refractivity contribution is 5.04. The fourth-order valence-corrected chi connectivity index (χ4v) is 2.53. The normalized spacial score (nSPS) is 18.3. The van der Waals surface area contributed by atoms with Crippen molar-refractivity contribution in [1.82, 2.24) is 20.5 Å². The summed E-state index contributed by atoms with van der Waals surface area (Å²) in [5.74, 6) is 1.56. The van der Waals surface area contributed by atoms with E-state index >= 15 is 0 Å². The zero-order valence-corrected chi connectivity index (χ0v) is 12.4. The molecule has 1 aromatic rings. The third kappa shape index (κ3) is 4.58. The van der Waals surface area contributed by atoms with E-state index in [0.717, 1.165) is 55.9 Å². The molecule has 0 bridgehead atoms. The number of likely N-dealkylation sites (tertiary alicyclic amines) is 1. The number of nitrogens with one attached hydrogen (secondary N) is 1. The van der Waals surface area contributed by atoms with Crippen LogP contribution in [-0.4, -0.2) is 41.4 Å². The number of hydrogen-bond donors (Lipinski definition) is 1. The van der Waals surface area contributed by atoms with Gasteiger partial charge in [-0.3, -0.25) is 4.90 Å². The van der Waals surface area contributed by atoms with Gasteiger partial charge < -0.3 is 5.32 Å². The number of piperidine rings is 1. The van der Waals surface area contributed by atoms with E-state index in [1.807, 2.05) is 6.92 Å². The summed E-state index contributed by atoms with van der Waals surface area (Å²) in [7, 11) is 0. The Labute approximate surface area is 115 Å². The summed E-state index contributed by atoms with van der Waals surface area (Å²) in [5.41, 5.74) is 1.90. The van der Waals surface area contributed by atoms with Crippen LogP contribution in [-0.2, 0) is 6.54 Å². The Kier molecular flexibility index (Phi) is 5.34. The Morgan fingerprint density at radius 3 is 2.63 bits per heavy atom. The molecule has 1 aliphatic rings. The molecular weight excluding hydrogens is 240 g/mol. The second kappa shape index (κ2) is 7.01. The van der Waals surface area contributed by atoms with Crippen LogP contribution in [0.3, 0.4) is 0 Å². The molecule has 1 saturated heterocycles. The van der Waals surface area contributed by atoms with Crippen molar-refractivity contribution in [2.24, 2.45) is 11.8 Å². The molecule has 19 heavy (non-hydrogen) atoms. The van der Waals surface area contributed by atoms with Gasteiger partial charge in [-0.25, -0.2) is 4.63 Å². The minimum Gasteiger partial charge on any atom is -0.316 e. The molecule has 0 radical (unpaired) electrons. The Morgan fingerprint density at radius 1 is 1.32 bits per heavy atom. The summed E-state index contributed by atoms with van der Waals surface area (Å²) < 4.78 is 4.75. The number of nitrogens with zero attached hydrogens (tertiary/aromatic N) is 3. The Morgan fingerprint density at radius 2 is 2.05 bits per heavy atom. The predicted molar refractivity (Wildman–Crippen MR) is 74.7 cm³/mol. The molecule has 5 heteroatoms. The van der Waals surface area contributed by atoms with E-state index in [-0.39, 0.29) is 0 Å². The maximum atomic E-state index is 4.75. The quantitative estimate of drug-likeness (QED) is 0.851. The standard InChI is InChI=1S/C14H26N4O/c1-11(2)8-15-9-13-4-6-18(7-5-13)10-14-12(3)16-19-17-14/h11,13,15H,4-10H2,1-3H3. The van der Waals surface area contributed by atoms with E-state index in [9.17, 15) is 0 Å². The van der Waals surface area contributed by atoms with Crippen molar-refractivity contribution in [2.75, 3.05) is 26.2 Å². The molecule has 1 N–H and O–H groups in total. The minimum atomic E-state index is 0.739. The van der Waals surface area contributed by atoms with Crippen LogP contribution in [0.1, 0.15) is 38.1 Å². The molecule has 0 spiro atoms. The molecule has 1 fully saturated rings. The number of aromatic nitrogens is 2. The zero-order valence-electron chi connectivity index (χ0n) is 12.4. The van der Waals surface area contributed by atoms with Crippen molar-refractivity contribution in [1.29, 1.82) is 0 Å². The Bertz CT molecular complexity index is 369. The van der Waals surface area contributed by atoms with Gasteiger partial charge in [0.15, 0.2) is 0 Å². The minimum absolute atomic E-state index is 0.739. The lowest BCUT2D eigenvalue weighted by Crippen LogP contribution is -2.37. The van der Waals surface area contributed by atoms with E-state index in [1.54, 1.807) is 0 Å². The first-order valence-electron chi connectivity index (χ1n) is 7.36. The molecule has 0 aromatic carbocycles. The summed E-state index contributed by atoms with van der Waals surface area (Å²) >= 11 is 0. The molecule has 108 valence electrons. The highest BCUT2D eigenvalue weighted by Crippen LogP contribution is 2.18. The zero-order chi connectivity index (χ0) is 13.7. The van der Waals surface area contributed by atoms with Crippen molar-refractivity contribution in [3.8, 4) is 0 Å². The van der Waals surface area contributed by atoms with Crippen LogP contribution < -0.4 is 5.32 Å². The molecule has 0 saturated carbocycles. The van der Waals surface area contributed by atoms with Gasteiger partial charge in [0, 0.05) is 6.54 Å². The molecule has 0 unspecified atom stereocenters. The van der Waals surface area contributed by atoms with Crippen LogP contribution in [0.5, 0.6) is 0 Å². The van der Waals surface area contributed by atoms with Gasteiger partial charge >= 0.3 is 0 Å². The molecule has 0 aliphatic carbocycles. The molecule has 1 aromatic heterocycles. The Hall–Kier alpha value is -0.940. The van der Waals surface area contributed by atoms with Gasteiger partial charge in [-0.2, -0.15) is 0 Å². The maximum Gasteiger partial charge on any atom is 0.122 e. The van der Waals surface area contributed by atoms with Crippen molar-refractivity contribution >= 4 is 0 Å². The summed E-state index contributed by atoms with van der Waals surface area (Å²) in [6.45, 7) is 11.9. The van der Waals surface area contributed by atoms with Gasteiger partial charge in [0.2, 0.25) is 0 Å². The van der Waals surface area contributed by atoms with Gasteiger partial charge in [-0.05, 0) is 57.8 Å². The fraction of sp³-hybridized carbons (Fsp3) is 0.857. The average molecular weight is 266 g/mol. The van der Waals surface area contributed by atoms with Crippen LogP contribution >= 0.6 is 0 Å². The highest BCUT2D eigenvalue weighted by atomic mass is 16.6. The fourth-order valence-electron chi connectivity index (χ4n) is 2.53. The highest BCUT2D eigenvalue weighted by Gasteiger charge is 2.20. The lowest BCUT2D eigenvalue weighted by molar-refractivity contribution is 0.170. The first-order valence-corrected chi connectivity index (χ1v) is 7.36. The van der Waals surface area contributed by atoms with E-state index in [0.29, 0.717) is 0 Å². The first-order chi connectivity index (χ1) is 9.15. The van der Waals surface area contributed by atoms with Gasteiger partial charge in [0.05, 0.1) is 0 Å². The van der Waals surface area contributed by atoms with Crippen molar-refractivity contribution in [2.45, 2.75) is 40.2 Å². The van der Waals surface area contributed by atoms with E-state index in [2.05, 4.69) is 34.4 Å². The number of hydrogen-bond acceptors (Lipinski definition) is 5. The SMILES string of the molecule is Cc1nonc1CN1CCC(CNCC(C)C)CC1. The van der Waals surface area contributed by atoms with Crippen LogP contribution in [0.15, 0.2) is 4.63 Å². The second-order valence-electron chi connectivity index (χ2n) is 6.07. The lowest BCUT2D eigenvalue weighted by atomic mass is 9.96. The monoisotopic (exact) mass is 266 g/mol. The third-order valence-corrected chi connectivity index (χ3v) is 3.81. The number of rotatable bonds is 6. The molecule has 1 aliphatic heterocycles. The van der Waals surface area contributed by atoms with E-state index in [1.165, 1.54) is 12.8 Å². The summed E-state index contributed by atoms with van der Waals surface area (Å²) in [6, 6.07) is 0. The molecule has 0 atom stereocenters. The summed E-state index contributed by atoms with van der Waals surface area (Å²) in [5, 5.41) is 11.4. The molecule has 2 heterocycles. The maximum absolute atomic E-state index is 4.75. The topological polar surface area (TPSA) is 54.2 Å². The van der Waals surface area contributed by atoms with Gasteiger partial charge in [0.25, 0.3) is 0 Å². The smallest absolute Gasteiger partial charge is 0.122 e. The predicted octanol–water partition coefficient (Wildman–Crippen LogP) is 1.84. The van der Waals surface area contributed by atoms with Gasteiger partial charge in [0.1, 0.15) is 11.4 Å². The average Bonchev–Trinajstić information content (AvgIpc) is 2.77. The third-order valence-electron chi connectivity index (χ3n) is 3.81. The molecule has 2 rings (SSSR count). The van der Waals surface area contributed by atoms with Crippen molar-refractivity contribution in [3.63, 3.8) is 0 Å². The summed E-state index contributed by atoms with van der Waals surface area (Å²) in [6.07, 6.45) is 2.55. The van der Waals surface area contributed by atoms with Crippen LogP contribution in [0.4, 0.5) is 0 Å². The first kappa shape index (κ1) is 14.5. The molecule has 0 amide bonds.